The Bertz CT molecular complexity index is 1250. The SMILES string of the molecule is COc1ccc(CCNC(=O)c2cc3oc(C)cc3n2Cc2ccccc2C)cc1OC. The first-order chi connectivity index (χ1) is 15.5. The Balaban J connectivity index is 1.52. The van der Waals surface area contributed by atoms with Crippen molar-refractivity contribution in [2.24, 2.45) is 0 Å². The van der Waals surface area contributed by atoms with Crippen molar-refractivity contribution in [3.05, 3.63) is 82.7 Å². The van der Waals surface area contributed by atoms with Crippen LogP contribution in [-0.4, -0.2) is 31.2 Å². The van der Waals surface area contributed by atoms with Gasteiger partial charge in [-0.3, -0.25) is 4.79 Å². The van der Waals surface area contributed by atoms with E-state index in [1.165, 1.54) is 11.1 Å². The quantitative estimate of drug-likeness (QED) is 0.431. The maximum Gasteiger partial charge on any atom is 0.268 e. The molecule has 2 aromatic carbocycles. The van der Waals surface area contributed by atoms with Crippen molar-refractivity contribution < 1.29 is 18.7 Å². The molecule has 0 aliphatic rings. The summed E-state index contributed by atoms with van der Waals surface area (Å²) in [7, 11) is 3.23. The third-order valence-corrected chi connectivity index (χ3v) is 5.68. The Labute approximate surface area is 187 Å². The zero-order chi connectivity index (χ0) is 22.7. The summed E-state index contributed by atoms with van der Waals surface area (Å²) in [6.45, 7) is 5.11. The van der Waals surface area contributed by atoms with Crippen molar-refractivity contribution in [2.45, 2.75) is 26.8 Å². The highest BCUT2D eigenvalue weighted by Gasteiger charge is 2.19. The maximum atomic E-state index is 13.1. The van der Waals surface area contributed by atoms with Crippen LogP contribution in [0.1, 0.15) is 32.9 Å². The summed E-state index contributed by atoms with van der Waals surface area (Å²) >= 11 is 0. The average Bonchev–Trinajstić information content (AvgIpc) is 3.31. The summed E-state index contributed by atoms with van der Waals surface area (Å²) in [4.78, 5) is 13.1. The predicted octanol–water partition coefficient (Wildman–Crippen LogP) is 4.89. The molecule has 0 atom stereocenters. The number of carbonyl (C=O) groups excluding carboxylic acids is 1. The number of aromatic nitrogens is 1. The Morgan fingerprint density at radius 2 is 1.78 bits per heavy atom. The van der Waals surface area contributed by atoms with Crippen molar-refractivity contribution in [3.8, 4) is 11.5 Å². The van der Waals surface area contributed by atoms with Gasteiger partial charge in [-0.2, -0.15) is 0 Å². The largest absolute Gasteiger partial charge is 0.493 e. The van der Waals surface area contributed by atoms with Crippen LogP contribution in [-0.2, 0) is 13.0 Å². The minimum absolute atomic E-state index is 0.122. The van der Waals surface area contributed by atoms with Gasteiger partial charge in [0.2, 0.25) is 0 Å². The number of fused-ring (bicyclic) bond motifs is 1. The molecule has 0 aliphatic heterocycles. The molecule has 4 rings (SSSR count). The lowest BCUT2D eigenvalue weighted by Gasteiger charge is -2.13. The van der Waals surface area contributed by atoms with Crippen LogP contribution in [0.4, 0.5) is 0 Å². The van der Waals surface area contributed by atoms with Crippen LogP contribution in [0.2, 0.25) is 0 Å². The van der Waals surface area contributed by atoms with Gasteiger partial charge in [-0.15, -0.1) is 0 Å². The van der Waals surface area contributed by atoms with E-state index in [9.17, 15) is 4.79 Å². The Kier molecular flexibility index (Phi) is 6.21. The van der Waals surface area contributed by atoms with E-state index in [-0.39, 0.29) is 5.91 Å². The molecule has 2 aromatic heterocycles. The van der Waals surface area contributed by atoms with E-state index < -0.39 is 0 Å². The Morgan fingerprint density at radius 3 is 2.53 bits per heavy atom. The van der Waals surface area contributed by atoms with Gasteiger partial charge in [0, 0.05) is 25.2 Å². The Hall–Kier alpha value is -3.67. The molecule has 32 heavy (non-hydrogen) atoms. The standard InChI is InChI=1S/C26H28N2O4/c1-17-7-5-6-8-20(17)16-28-21-13-18(2)32-24(21)15-22(28)26(29)27-12-11-19-9-10-23(30-3)25(14-19)31-4/h5-10,13-15H,11-12,16H2,1-4H3,(H,27,29). The highest BCUT2D eigenvalue weighted by atomic mass is 16.5. The van der Waals surface area contributed by atoms with Crippen LogP contribution in [0.5, 0.6) is 11.5 Å². The third kappa shape index (κ3) is 4.35. The molecule has 2 heterocycles. The van der Waals surface area contributed by atoms with Gasteiger partial charge in [0.25, 0.3) is 5.91 Å². The molecule has 0 saturated carbocycles. The van der Waals surface area contributed by atoms with Gasteiger partial charge in [-0.25, -0.2) is 0 Å². The van der Waals surface area contributed by atoms with E-state index in [0.717, 1.165) is 22.4 Å². The smallest absolute Gasteiger partial charge is 0.268 e. The number of amides is 1. The maximum absolute atomic E-state index is 13.1. The number of hydrogen-bond donors (Lipinski definition) is 1. The van der Waals surface area contributed by atoms with Crippen LogP contribution in [0.25, 0.3) is 11.1 Å². The molecule has 0 saturated heterocycles. The number of aryl methyl sites for hydroxylation is 2. The summed E-state index contributed by atoms with van der Waals surface area (Å²) in [6.07, 6.45) is 0.680. The zero-order valence-corrected chi connectivity index (χ0v) is 18.9. The first-order valence-corrected chi connectivity index (χ1v) is 10.6. The fourth-order valence-electron chi connectivity index (χ4n) is 3.93. The monoisotopic (exact) mass is 432 g/mol. The summed E-state index contributed by atoms with van der Waals surface area (Å²) < 4.78 is 18.5. The minimum Gasteiger partial charge on any atom is -0.493 e. The molecule has 0 unspecified atom stereocenters. The molecule has 1 amide bonds. The fraction of sp³-hybridized carbons (Fsp3) is 0.269. The van der Waals surface area contributed by atoms with Crippen LogP contribution >= 0.6 is 0 Å². The van der Waals surface area contributed by atoms with Gasteiger partial charge in [-0.05, 0) is 49.1 Å². The summed E-state index contributed by atoms with van der Waals surface area (Å²) in [5.74, 6) is 2.07. The number of benzene rings is 2. The highest BCUT2D eigenvalue weighted by molar-refractivity contribution is 5.97. The minimum atomic E-state index is -0.122. The van der Waals surface area contributed by atoms with Crippen LogP contribution < -0.4 is 14.8 Å². The molecule has 6 nitrogen and oxygen atoms in total. The van der Waals surface area contributed by atoms with E-state index in [2.05, 4.69) is 24.4 Å². The molecule has 166 valence electrons. The summed E-state index contributed by atoms with van der Waals surface area (Å²) in [5, 5.41) is 3.05. The number of furan rings is 1. The second-order valence-electron chi connectivity index (χ2n) is 7.84. The number of carbonyl (C=O) groups is 1. The Morgan fingerprint density at radius 1 is 1.00 bits per heavy atom. The van der Waals surface area contributed by atoms with Crippen molar-refractivity contribution >= 4 is 17.0 Å². The van der Waals surface area contributed by atoms with Gasteiger partial charge in [-0.1, -0.05) is 30.3 Å². The van der Waals surface area contributed by atoms with Gasteiger partial charge >= 0.3 is 0 Å². The van der Waals surface area contributed by atoms with Gasteiger partial charge < -0.3 is 23.8 Å². The number of rotatable bonds is 8. The normalized spacial score (nSPS) is 11.0. The highest BCUT2D eigenvalue weighted by Crippen LogP contribution is 2.28. The molecule has 0 fully saturated rings. The molecule has 0 radical (unpaired) electrons. The molecular weight excluding hydrogens is 404 g/mol. The van der Waals surface area contributed by atoms with E-state index in [4.69, 9.17) is 13.9 Å². The number of nitrogens with one attached hydrogen (secondary N) is 1. The lowest BCUT2D eigenvalue weighted by atomic mass is 10.1. The van der Waals surface area contributed by atoms with Gasteiger partial charge in [0.05, 0.1) is 19.7 Å². The second-order valence-corrected chi connectivity index (χ2v) is 7.84. The van der Waals surface area contributed by atoms with Crippen molar-refractivity contribution in [1.29, 1.82) is 0 Å². The predicted molar refractivity (Wildman–Crippen MR) is 125 cm³/mol. The van der Waals surface area contributed by atoms with Crippen LogP contribution in [0, 0.1) is 13.8 Å². The summed E-state index contributed by atoms with van der Waals surface area (Å²) in [5.41, 5.74) is 5.66. The molecule has 4 aromatic rings. The van der Waals surface area contributed by atoms with E-state index in [1.54, 1.807) is 14.2 Å². The van der Waals surface area contributed by atoms with Gasteiger partial charge in [0.15, 0.2) is 17.1 Å². The molecule has 0 spiro atoms. The zero-order valence-electron chi connectivity index (χ0n) is 18.9. The average molecular weight is 433 g/mol. The van der Waals surface area contributed by atoms with E-state index in [0.29, 0.717) is 36.7 Å². The van der Waals surface area contributed by atoms with Crippen LogP contribution in [0.3, 0.4) is 0 Å². The molecule has 0 aliphatic carbocycles. The number of hydrogen-bond acceptors (Lipinski definition) is 4. The van der Waals surface area contributed by atoms with Crippen molar-refractivity contribution in [3.63, 3.8) is 0 Å². The lowest BCUT2D eigenvalue weighted by Crippen LogP contribution is -2.28. The molecule has 6 heteroatoms. The van der Waals surface area contributed by atoms with Gasteiger partial charge in [0.1, 0.15) is 11.5 Å². The van der Waals surface area contributed by atoms with Crippen molar-refractivity contribution in [2.75, 3.05) is 20.8 Å². The van der Waals surface area contributed by atoms with Crippen LogP contribution in [0.15, 0.2) is 59.0 Å². The first kappa shape index (κ1) is 21.6. The molecular formula is C26H28N2O4. The molecule has 1 N–H and O–H groups in total. The van der Waals surface area contributed by atoms with E-state index in [1.807, 2.05) is 54.0 Å². The fourth-order valence-corrected chi connectivity index (χ4v) is 3.93. The topological polar surface area (TPSA) is 65.6 Å². The molecule has 0 bridgehead atoms. The van der Waals surface area contributed by atoms with E-state index >= 15 is 0 Å². The first-order valence-electron chi connectivity index (χ1n) is 10.6. The second kappa shape index (κ2) is 9.22. The number of nitrogens with zero attached hydrogens (tertiary/aromatic N) is 1. The lowest BCUT2D eigenvalue weighted by molar-refractivity contribution is 0.0945. The summed E-state index contributed by atoms with van der Waals surface area (Å²) in [6, 6.07) is 17.8. The third-order valence-electron chi connectivity index (χ3n) is 5.68. The number of methoxy groups -OCH3 is 2. The number of ether oxygens (including phenoxy) is 2. The van der Waals surface area contributed by atoms with Crippen molar-refractivity contribution in [1.82, 2.24) is 9.88 Å².